The number of hydrogen-bond acceptors (Lipinski definition) is 2. The molecule has 0 saturated heterocycles. The SMILES string of the molecule is CN(Cc1ccccc1)C(CO)c1ccccc1. The minimum atomic E-state index is 0.0476. The summed E-state index contributed by atoms with van der Waals surface area (Å²) >= 11 is 0. The Labute approximate surface area is 109 Å². The van der Waals surface area contributed by atoms with E-state index in [0.29, 0.717) is 0 Å². The molecule has 2 heteroatoms. The number of aliphatic hydroxyl groups is 1. The molecule has 94 valence electrons. The molecular formula is C16H19NO. The van der Waals surface area contributed by atoms with Crippen molar-refractivity contribution in [1.82, 2.24) is 4.90 Å². The fraction of sp³-hybridized carbons (Fsp3) is 0.250. The van der Waals surface area contributed by atoms with Gasteiger partial charge in [-0.05, 0) is 18.2 Å². The molecular weight excluding hydrogens is 222 g/mol. The van der Waals surface area contributed by atoms with Gasteiger partial charge in [0.2, 0.25) is 0 Å². The largest absolute Gasteiger partial charge is 0.394 e. The zero-order chi connectivity index (χ0) is 12.8. The van der Waals surface area contributed by atoms with Crippen molar-refractivity contribution in [2.75, 3.05) is 13.7 Å². The Morgan fingerprint density at radius 1 is 0.944 bits per heavy atom. The second-order valence-corrected chi connectivity index (χ2v) is 4.51. The van der Waals surface area contributed by atoms with Crippen LogP contribution in [0.4, 0.5) is 0 Å². The summed E-state index contributed by atoms with van der Waals surface area (Å²) in [6, 6.07) is 20.5. The summed E-state index contributed by atoms with van der Waals surface area (Å²) in [5.74, 6) is 0. The Kier molecular flexibility index (Phi) is 4.51. The second-order valence-electron chi connectivity index (χ2n) is 4.51. The third kappa shape index (κ3) is 3.19. The van der Waals surface area contributed by atoms with Gasteiger partial charge in [-0.25, -0.2) is 0 Å². The first-order valence-corrected chi connectivity index (χ1v) is 6.21. The predicted molar refractivity (Wildman–Crippen MR) is 74.2 cm³/mol. The van der Waals surface area contributed by atoms with Crippen molar-refractivity contribution in [2.24, 2.45) is 0 Å². The molecule has 18 heavy (non-hydrogen) atoms. The van der Waals surface area contributed by atoms with Crippen LogP contribution in [0.3, 0.4) is 0 Å². The van der Waals surface area contributed by atoms with E-state index >= 15 is 0 Å². The van der Waals surface area contributed by atoms with E-state index in [1.807, 2.05) is 43.4 Å². The highest BCUT2D eigenvalue weighted by molar-refractivity contribution is 5.20. The summed E-state index contributed by atoms with van der Waals surface area (Å²) in [6.45, 7) is 0.967. The van der Waals surface area contributed by atoms with Gasteiger partial charge >= 0.3 is 0 Å². The molecule has 0 saturated carbocycles. The lowest BCUT2D eigenvalue weighted by atomic mass is 10.1. The highest BCUT2D eigenvalue weighted by atomic mass is 16.3. The van der Waals surface area contributed by atoms with E-state index in [9.17, 15) is 5.11 Å². The van der Waals surface area contributed by atoms with Crippen molar-refractivity contribution in [2.45, 2.75) is 12.6 Å². The van der Waals surface area contributed by atoms with Crippen LogP contribution in [0.25, 0.3) is 0 Å². The maximum Gasteiger partial charge on any atom is 0.0628 e. The van der Waals surface area contributed by atoms with Crippen LogP contribution >= 0.6 is 0 Å². The second kappa shape index (κ2) is 6.34. The van der Waals surface area contributed by atoms with Crippen LogP contribution in [-0.4, -0.2) is 23.7 Å². The van der Waals surface area contributed by atoms with Gasteiger partial charge < -0.3 is 5.11 Å². The van der Waals surface area contributed by atoms with Gasteiger partial charge in [-0.1, -0.05) is 60.7 Å². The van der Waals surface area contributed by atoms with Gasteiger partial charge in [-0.2, -0.15) is 0 Å². The van der Waals surface area contributed by atoms with Crippen LogP contribution in [0.15, 0.2) is 60.7 Å². The van der Waals surface area contributed by atoms with E-state index in [0.717, 1.165) is 12.1 Å². The minimum Gasteiger partial charge on any atom is -0.394 e. The van der Waals surface area contributed by atoms with Crippen LogP contribution in [0.5, 0.6) is 0 Å². The molecule has 2 nitrogen and oxygen atoms in total. The third-order valence-corrected chi connectivity index (χ3v) is 3.16. The zero-order valence-corrected chi connectivity index (χ0v) is 10.7. The molecule has 1 N–H and O–H groups in total. The molecule has 1 atom stereocenters. The highest BCUT2D eigenvalue weighted by Gasteiger charge is 2.15. The van der Waals surface area contributed by atoms with Crippen molar-refractivity contribution in [3.05, 3.63) is 71.8 Å². The molecule has 1 unspecified atom stereocenters. The monoisotopic (exact) mass is 241 g/mol. The first-order valence-electron chi connectivity index (χ1n) is 6.21. The van der Waals surface area contributed by atoms with E-state index in [4.69, 9.17) is 0 Å². The Hall–Kier alpha value is -1.64. The Bertz CT molecular complexity index is 455. The molecule has 2 aromatic carbocycles. The topological polar surface area (TPSA) is 23.5 Å². The molecule has 0 aromatic heterocycles. The third-order valence-electron chi connectivity index (χ3n) is 3.16. The van der Waals surface area contributed by atoms with Gasteiger partial charge in [-0.3, -0.25) is 4.90 Å². The van der Waals surface area contributed by atoms with Gasteiger partial charge in [-0.15, -0.1) is 0 Å². The first-order chi connectivity index (χ1) is 8.81. The van der Waals surface area contributed by atoms with Gasteiger partial charge in [0, 0.05) is 6.54 Å². The van der Waals surface area contributed by atoms with E-state index < -0.39 is 0 Å². The number of nitrogens with zero attached hydrogens (tertiary/aromatic N) is 1. The van der Waals surface area contributed by atoms with Gasteiger partial charge in [0.25, 0.3) is 0 Å². The molecule has 2 rings (SSSR count). The van der Waals surface area contributed by atoms with Crippen LogP contribution in [0.1, 0.15) is 17.2 Å². The average Bonchev–Trinajstić information content (AvgIpc) is 2.42. The fourth-order valence-corrected chi connectivity index (χ4v) is 2.16. The van der Waals surface area contributed by atoms with Crippen LogP contribution in [0, 0.1) is 0 Å². The standard InChI is InChI=1S/C16H19NO/c1-17(12-14-8-4-2-5-9-14)16(13-18)15-10-6-3-7-11-15/h2-11,16,18H,12-13H2,1H3. The predicted octanol–water partition coefficient (Wildman–Crippen LogP) is 2.85. The lowest BCUT2D eigenvalue weighted by Gasteiger charge is -2.26. The molecule has 0 heterocycles. The van der Waals surface area contributed by atoms with Crippen molar-refractivity contribution in [1.29, 1.82) is 0 Å². The van der Waals surface area contributed by atoms with Gasteiger partial charge in [0.05, 0.1) is 12.6 Å². The Morgan fingerprint density at radius 2 is 1.50 bits per heavy atom. The number of likely N-dealkylation sites (N-methyl/N-ethyl adjacent to an activating group) is 1. The molecule has 0 amide bonds. The molecule has 0 spiro atoms. The summed E-state index contributed by atoms with van der Waals surface area (Å²) in [5, 5.41) is 9.59. The lowest BCUT2D eigenvalue weighted by molar-refractivity contribution is 0.142. The van der Waals surface area contributed by atoms with E-state index in [1.54, 1.807) is 0 Å². The summed E-state index contributed by atoms with van der Waals surface area (Å²) in [5.41, 5.74) is 2.41. The molecule has 0 radical (unpaired) electrons. The maximum atomic E-state index is 9.59. The summed E-state index contributed by atoms with van der Waals surface area (Å²) in [6.07, 6.45) is 0. The smallest absolute Gasteiger partial charge is 0.0628 e. The Balaban J connectivity index is 2.09. The van der Waals surface area contributed by atoms with Crippen molar-refractivity contribution in [3.8, 4) is 0 Å². The van der Waals surface area contributed by atoms with Gasteiger partial charge in [0.15, 0.2) is 0 Å². The number of hydrogen-bond donors (Lipinski definition) is 1. The van der Waals surface area contributed by atoms with Crippen molar-refractivity contribution in [3.63, 3.8) is 0 Å². The van der Waals surface area contributed by atoms with Crippen molar-refractivity contribution >= 4 is 0 Å². The van der Waals surface area contributed by atoms with E-state index in [-0.39, 0.29) is 12.6 Å². The fourth-order valence-electron chi connectivity index (χ4n) is 2.16. The number of rotatable bonds is 5. The minimum absolute atomic E-state index is 0.0476. The summed E-state index contributed by atoms with van der Waals surface area (Å²) in [4.78, 5) is 2.17. The lowest BCUT2D eigenvalue weighted by Crippen LogP contribution is -2.26. The summed E-state index contributed by atoms with van der Waals surface area (Å²) in [7, 11) is 2.04. The molecule has 0 bridgehead atoms. The average molecular weight is 241 g/mol. The quantitative estimate of drug-likeness (QED) is 0.870. The highest BCUT2D eigenvalue weighted by Crippen LogP contribution is 2.20. The molecule has 0 aliphatic carbocycles. The maximum absolute atomic E-state index is 9.59. The molecule has 0 aliphatic rings. The molecule has 0 fully saturated rings. The van der Waals surface area contributed by atoms with E-state index in [1.165, 1.54) is 5.56 Å². The van der Waals surface area contributed by atoms with Crippen LogP contribution < -0.4 is 0 Å². The number of aliphatic hydroxyl groups excluding tert-OH is 1. The normalized spacial score (nSPS) is 12.6. The molecule has 0 aliphatic heterocycles. The summed E-state index contributed by atoms with van der Waals surface area (Å²) < 4.78 is 0. The Morgan fingerprint density at radius 3 is 2.06 bits per heavy atom. The van der Waals surface area contributed by atoms with Crippen molar-refractivity contribution < 1.29 is 5.11 Å². The molecule has 2 aromatic rings. The first kappa shape index (κ1) is 12.8. The van der Waals surface area contributed by atoms with Crippen LogP contribution in [0.2, 0.25) is 0 Å². The van der Waals surface area contributed by atoms with Crippen LogP contribution in [-0.2, 0) is 6.54 Å². The van der Waals surface area contributed by atoms with E-state index in [2.05, 4.69) is 29.2 Å². The van der Waals surface area contributed by atoms with Gasteiger partial charge in [0.1, 0.15) is 0 Å². The number of benzene rings is 2. The zero-order valence-electron chi connectivity index (χ0n) is 10.7.